The van der Waals surface area contributed by atoms with Gasteiger partial charge < -0.3 is 10.0 Å². The fourth-order valence-electron chi connectivity index (χ4n) is 1.93. The number of amides is 1. The maximum Gasteiger partial charge on any atom is 0.336 e. The summed E-state index contributed by atoms with van der Waals surface area (Å²) in [6.45, 7) is 4.74. The first-order valence-corrected chi connectivity index (χ1v) is 6.46. The minimum absolute atomic E-state index is 0.0109. The van der Waals surface area contributed by atoms with Gasteiger partial charge in [0.1, 0.15) is 0 Å². The van der Waals surface area contributed by atoms with Gasteiger partial charge in [-0.2, -0.15) is 5.26 Å². The number of nitrogens with zero attached hydrogens (tertiary/aromatic N) is 2. The number of benzene rings is 1. The number of hydrogen-bond acceptors (Lipinski definition) is 3. The highest BCUT2D eigenvalue weighted by molar-refractivity contribution is 6.04. The summed E-state index contributed by atoms with van der Waals surface area (Å²) in [7, 11) is 0. The quantitative estimate of drug-likeness (QED) is 0.863. The van der Waals surface area contributed by atoms with Gasteiger partial charge in [0.25, 0.3) is 5.91 Å². The third-order valence-corrected chi connectivity index (χ3v) is 2.75. The molecule has 1 aromatic carbocycles. The Morgan fingerprint density at radius 3 is 2.40 bits per heavy atom. The topological polar surface area (TPSA) is 81.4 Å². The van der Waals surface area contributed by atoms with Crippen LogP contribution in [-0.2, 0) is 0 Å². The van der Waals surface area contributed by atoms with E-state index in [2.05, 4.69) is 0 Å². The van der Waals surface area contributed by atoms with Crippen molar-refractivity contribution in [2.24, 2.45) is 5.92 Å². The zero-order valence-corrected chi connectivity index (χ0v) is 11.7. The van der Waals surface area contributed by atoms with Gasteiger partial charge in [-0.25, -0.2) is 4.79 Å². The molecule has 0 fully saturated rings. The van der Waals surface area contributed by atoms with E-state index in [1.165, 1.54) is 17.0 Å². The summed E-state index contributed by atoms with van der Waals surface area (Å²) >= 11 is 0. The lowest BCUT2D eigenvalue weighted by Crippen LogP contribution is -2.35. The molecular weight excluding hydrogens is 256 g/mol. The van der Waals surface area contributed by atoms with Crippen LogP contribution in [0.3, 0.4) is 0 Å². The van der Waals surface area contributed by atoms with Gasteiger partial charge in [0, 0.05) is 13.1 Å². The van der Waals surface area contributed by atoms with Crippen LogP contribution in [0.25, 0.3) is 0 Å². The van der Waals surface area contributed by atoms with Gasteiger partial charge in [-0.1, -0.05) is 26.0 Å². The molecule has 1 N–H and O–H groups in total. The fraction of sp³-hybridized carbons (Fsp3) is 0.400. The molecule has 0 saturated carbocycles. The smallest absolute Gasteiger partial charge is 0.336 e. The summed E-state index contributed by atoms with van der Waals surface area (Å²) in [5.74, 6) is -1.22. The zero-order valence-electron chi connectivity index (χ0n) is 11.7. The van der Waals surface area contributed by atoms with Crippen LogP contribution in [0.1, 0.15) is 41.0 Å². The number of rotatable bonds is 6. The van der Waals surface area contributed by atoms with Crippen molar-refractivity contribution < 1.29 is 14.7 Å². The minimum Gasteiger partial charge on any atom is -0.478 e. The second-order valence-electron chi connectivity index (χ2n) is 4.90. The monoisotopic (exact) mass is 274 g/mol. The van der Waals surface area contributed by atoms with Gasteiger partial charge >= 0.3 is 5.97 Å². The van der Waals surface area contributed by atoms with Crippen molar-refractivity contribution >= 4 is 11.9 Å². The van der Waals surface area contributed by atoms with Crippen LogP contribution in [0.5, 0.6) is 0 Å². The normalized spacial score (nSPS) is 10.1. The Hall–Kier alpha value is -2.35. The summed E-state index contributed by atoms with van der Waals surface area (Å²) in [5, 5.41) is 17.8. The highest BCUT2D eigenvalue weighted by atomic mass is 16.4. The van der Waals surface area contributed by atoms with Crippen molar-refractivity contribution in [1.29, 1.82) is 5.26 Å². The molecule has 20 heavy (non-hydrogen) atoms. The maximum atomic E-state index is 12.5. The Morgan fingerprint density at radius 1 is 1.30 bits per heavy atom. The molecule has 0 aliphatic heterocycles. The van der Waals surface area contributed by atoms with Crippen molar-refractivity contribution in [1.82, 2.24) is 4.90 Å². The molecule has 0 bridgehead atoms. The Bertz CT molecular complexity index is 532. The Kier molecular flexibility index (Phi) is 5.73. The molecule has 0 atom stereocenters. The minimum atomic E-state index is -1.13. The van der Waals surface area contributed by atoms with Gasteiger partial charge in [-0.05, 0) is 18.1 Å². The molecule has 5 nitrogen and oxygen atoms in total. The molecular formula is C15H18N2O3. The second-order valence-corrected chi connectivity index (χ2v) is 4.90. The summed E-state index contributed by atoms with van der Waals surface area (Å²) in [5.41, 5.74) is 0.154. The van der Waals surface area contributed by atoms with E-state index in [0.29, 0.717) is 13.1 Å². The molecule has 0 unspecified atom stereocenters. The standard InChI is InChI=1S/C15H18N2O3/c1-11(2)10-17(9-5-8-16)14(18)12-6-3-4-7-13(12)15(19)20/h3-4,6-7,11H,5,9-10H2,1-2H3,(H,19,20). The van der Waals surface area contributed by atoms with E-state index in [0.717, 1.165) is 0 Å². The second kappa shape index (κ2) is 7.29. The van der Waals surface area contributed by atoms with Crippen LogP contribution < -0.4 is 0 Å². The fourth-order valence-corrected chi connectivity index (χ4v) is 1.93. The van der Waals surface area contributed by atoms with Crippen LogP contribution in [0.15, 0.2) is 24.3 Å². The van der Waals surface area contributed by atoms with E-state index in [1.54, 1.807) is 12.1 Å². The first kappa shape index (κ1) is 15.7. The van der Waals surface area contributed by atoms with Crippen molar-refractivity contribution in [2.75, 3.05) is 13.1 Å². The number of carbonyl (C=O) groups excluding carboxylic acids is 1. The molecule has 0 aromatic heterocycles. The molecule has 0 aliphatic rings. The van der Waals surface area contributed by atoms with Crippen molar-refractivity contribution in [3.05, 3.63) is 35.4 Å². The summed E-state index contributed by atoms with van der Waals surface area (Å²) in [4.78, 5) is 25.2. The third kappa shape index (κ3) is 4.09. The number of carboxylic acid groups (broad SMARTS) is 1. The maximum absolute atomic E-state index is 12.5. The van der Waals surface area contributed by atoms with Crippen LogP contribution in [0, 0.1) is 17.2 Å². The number of carbonyl (C=O) groups is 2. The molecule has 0 aliphatic carbocycles. The molecule has 1 aromatic rings. The predicted octanol–water partition coefficient (Wildman–Crippen LogP) is 2.40. The van der Waals surface area contributed by atoms with Gasteiger partial charge in [-0.3, -0.25) is 4.79 Å². The van der Waals surface area contributed by atoms with Crippen molar-refractivity contribution in [2.45, 2.75) is 20.3 Å². The molecule has 106 valence electrons. The van der Waals surface area contributed by atoms with E-state index in [9.17, 15) is 9.59 Å². The molecule has 0 radical (unpaired) electrons. The lowest BCUT2D eigenvalue weighted by Gasteiger charge is -2.24. The van der Waals surface area contributed by atoms with Gasteiger partial charge in [0.15, 0.2) is 0 Å². The number of hydrogen-bond donors (Lipinski definition) is 1. The van der Waals surface area contributed by atoms with Gasteiger partial charge in [0.05, 0.1) is 23.6 Å². The number of carboxylic acids is 1. The summed E-state index contributed by atoms with van der Waals surface area (Å²) in [6, 6.07) is 8.14. The van der Waals surface area contributed by atoms with Gasteiger partial charge in [-0.15, -0.1) is 0 Å². The zero-order chi connectivity index (χ0) is 15.1. The SMILES string of the molecule is CC(C)CN(CCC#N)C(=O)c1ccccc1C(=O)O. The number of aromatic carboxylic acids is 1. The molecule has 5 heteroatoms. The molecule has 0 saturated heterocycles. The first-order chi connectivity index (χ1) is 9.47. The first-order valence-electron chi connectivity index (χ1n) is 6.46. The number of nitriles is 1. The van der Waals surface area contributed by atoms with Gasteiger partial charge in [0.2, 0.25) is 0 Å². The summed E-state index contributed by atoms with van der Waals surface area (Å²) < 4.78 is 0. The van der Waals surface area contributed by atoms with E-state index in [-0.39, 0.29) is 29.4 Å². The molecule has 1 rings (SSSR count). The lowest BCUT2D eigenvalue weighted by molar-refractivity contribution is 0.0671. The third-order valence-electron chi connectivity index (χ3n) is 2.75. The van der Waals surface area contributed by atoms with Crippen LogP contribution >= 0.6 is 0 Å². The van der Waals surface area contributed by atoms with E-state index in [4.69, 9.17) is 10.4 Å². The average molecular weight is 274 g/mol. The van der Waals surface area contributed by atoms with Crippen LogP contribution in [0.2, 0.25) is 0 Å². The molecule has 0 heterocycles. The molecule has 1 amide bonds. The Balaban J connectivity index is 3.05. The molecule has 0 spiro atoms. The van der Waals surface area contributed by atoms with Crippen LogP contribution in [0.4, 0.5) is 0 Å². The van der Waals surface area contributed by atoms with Crippen LogP contribution in [-0.4, -0.2) is 35.0 Å². The summed E-state index contributed by atoms with van der Waals surface area (Å²) in [6.07, 6.45) is 0.230. The largest absolute Gasteiger partial charge is 0.478 e. The predicted molar refractivity (Wildman–Crippen MR) is 74.4 cm³/mol. The average Bonchev–Trinajstić information content (AvgIpc) is 2.42. The highest BCUT2D eigenvalue weighted by Crippen LogP contribution is 2.13. The Labute approximate surface area is 118 Å². The highest BCUT2D eigenvalue weighted by Gasteiger charge is 2.21. The van der Waals surface area contributed by atoms with E-state index in [1.807, 2.05) is 19.9 Å². The van der Waals surface area contributed by atoms with E-state index >= 15 is 0 Å². The Morgan fingerprint density at radius 2 is 1.90 bits per heavy atom. The van der Waals surface area contributed by atoms with E-state index < -0.39 is 5.97 Å². The van der Waals surface area contributed by atoms with Crippen molar-refractivity contribution in [3.63, 3.8) is 0 Å². The van der Waals surface area contributed by atoms with Crippen molar-refractivity contribution in [3.8, 4) is 6.07 Å². The lowest BCUT2D eigenvalue weighted by atomic mass is 10.1.